The molecule has 2 aliphatic rings. The van der Waals surface area contributed by atoms with Gasteiger partial charge in [0.2, 0.25) is 0 Å². The van der Waals surface area contributed by atoms with Gasteiger partial charge in [-0.05, 0) is 48.6 Å². The molecule has 7 rings (SSSR count). The molecule has 7 heteroatoms. The van der Waals surface area contributed by atoms with E-state index in [4.69, 9.17) is 15.0 Å². The number of aliphatic imine (C=N–C) groups is 1. The Balaban J connectivity index is 1.31. The number of anilines is 1. The SMILES string of the molecule is CCCCc1nc2c(N3C(=O)c4ccccc4C3=O)nc3ccccc3c2n1Cc1ccc(/C=N/C2CCCCC2)cc1. The van der Waals surface area contributed by atoms with Crippen LogP contribution in [0.5, 0.6) is 0 Å². The van der Waals surface area contributed by atoms with Crippen LogP contribution in [0.25, 0.3) is 21.9 Å². The van der Waals surface area contributed by atoms with Crippen molar-refractivity contribution in [2.75, 3.05) is 4.90 Å². The maximum absolute atomic E-state index is 13.5. The molecule has 0 saturated heterocycles. The molecular weight excluding hydrogens is 534 g/mol. The number of para-hydroxylation sites is 1. The van der Waals surface area contributed by atoms with Gasteiger partial charge in [-0.15, -0.1) is 0 Å². The Bertz CT molecular complexity index is 1830. The molecule has 7 nitrogen and oxygen atoms in total. The van der Waals surface area contributed by atoms with Gasteiger partial charge in [0.15, 0.2) is 5.82 Å². The lowest BCUT2D eigenvalue weighted by molar-refractivity contribution is 0.0925. The highest BCUT2D eigenvalue weighted by molar-refractivity contribution is 6.35. The van der Waals surface area contributed by atoms with Crippen molar-refractivity contribution in [3.63, 3.8) is 0 Å². The van der Waals surface area contributed by atoms with Gasteiger partial charge in [-0.3, -0.25) is 14.6 Å². The van der Waals surface area contributed by atoms with Gasteiger partial charge in [0.1, 0.15) is 11.3 Å². The van der Waals surface area contributed by atoms with Gasteiger partial charge in [-0.25, -0.2) is 14.9 Å². The Hall–Kier alpha value is -4.65. The van der Waals surface area contributed by atoms with Crippen molar-refractivity contribution in [2.24, 2.45) is 4.99 Å². The minimum atomic E-state index is -0.361. The van der Waals surface area contributed by atoms with Crippen LogP contribution in [0, 0.1) is 0 Å². The molecule has 3 aromatic carbocycles. The first-order valence-electron chi connectivity index (χ1n) is 15.5. The zero-order valence-corrected chi connectivity index (χ0v) is 24.5. The number of pyridine rings is 1. The third-order valence-corrected chi connectivity index (χ3v) is 8.73. The number of fused-ring (bicyclic) bond motifs is 4. The molecule has 0 radical (unpaired) electrons. The van der Waals surface area contributed by atoms with Crippen LogP contribution in [-0.2, 0) is 13.0 Å². The minimum Gasteiger partial charge on any atom is -0.323 e. The smallest absolute Gasteiger partial charge is 0.267 e. The summed E-state index contributed by atoms with van der Waals surface area (Å²) in [6.45, 7) is 2.78. The highest BCUT2D eigenvalue weighted by Gasteiger charge is 2.39. The molecule has 1 aliphatic carbocycles. The van der Waals surface area contributed by atoms with Crippen LogP contribution in [0.4, 0.5) is 5.82 Å². The van der Waals surface area contributed by atoms with Crippen molar-refractivity contribution in [1.29, 1.82) is 0 Å². The lowest BCUT2D eigenvalue weighted by Crippen LogP contribution is -2.30. The standard InChI is InChI=1S/C36H35N5O2/c1-2-3-17-31-39-32-33(40(31)23-25-20-18-24(19-21-25)22-37-26-11-5-4-6-12-26)29-15-9-10-16-30(29)38-34(32)41-35(42)27-13-7-8-14-28(27)36(41)43/h7-10,13-16,18-22,26H,2-6,11-12,17,23H2,1H3/b37-22+. The second-order valence-corrected chi connectivity index (χ2v) is 11.7. The molecule has 1 saturated carbocycles. The molecule has 43 heavy (non-hydrogen) atoms. The number of imide groups is 1. The Morgan fingerprint density at radius 1 is 0.860 bits per heavy atom. The molecule has 0 bridgehead atoms. The fourth-order valence-electron chi connectivity index (χ4n) is 6.41. The first-order chi connectivity index (χ1) is 21.1. The van der Waals surface area contributed by atoms with Gasteiger partial charge in [-0.2, -0.15) is 0 Å². The predicted octanol–water partition coefficient (Wildman–Crippen LogP) is 7.53. The van der Waals surface area contributed by atoms with Gasteiger partial charge >= 0.3 is 0 Å². The third-order valence-electron chi connectivity index (χ3n) is 8.73. The van der Waals surface area contributed by atoms with Gasteiger partial charge < -0.3 is 4.57 Å². The number of carbonyl (C=O) groups excluding carboxylic acids is 2. The molecule has 216 valence electrons. The molecule has 0 atom stereocenters. The minimum absolute atomic E-state index is 0.297. The summed E-state index contributed by atoms with van der Waals surface area (Å²) in [4.78, 5) is 43.1. The first kappa shape index (κ1) is 27.2. The lowest BCUT2D eigenvalue weighted by Gasteiger charge is -2.17. The zero-order chi connectivity index (χ0) is 29.3. The third kappa shape index (κ3) is 5.03. The molecule has 5 aromatic rings. The maximum atomic E-state index is 13.5. The van der Waals surface area contributed by atoms with Gasteiger partial charge in [0.05, 0.1) is 22.2 Å². The lowest BCUT2D eigenvalue weighted by atomic mass is 9.96. The molecule has 1 aliphatic heterocycles. The van der Waals surface area contributed by atoms with Crippen LogP contribution in [0.15, 0.2) is 77.8 Å². The molecule has 0 spiro atoms. The number of aromatic nitrogens is 3. The molecule has 1 fully saturated rings. The average Bonchev–Trinajstić information content (AvgIpc) is 3.54. The van der Waals surface area contributed by atoms with Crippen LogP contribution in [0.1, 0.15) is 89.5 Å². The van der Waals surface area contributed by atoms with Crippen LogP contribution >= 0.6 is 0 Å². The van der Waals surface area contributed by atoms with Crippen LogP contribution in [0.3, 0.4) is 0 Å². The van der Waals surface area contributed by atoms with Crippen molar-refractivity contribution in [3.05, 3.63) is 101 Å². The maximum Gasteiger partial charge on any atom is 0.267 e. The van der Waals surface area contributed by atoms with E-state index in [0.29, 0.717) is 35.0 Å². The largest absolute Gasteiger partial charge is 0.323 e. The number of carbonyl (C=O) groups is 2. The summed E-state index contributed by atoms with van der Waals surface area (Å²) < 4.78 is 2.25. The van der Waals surface area contributed by atoms with E-state index in [9.17, 15) is 9.59 Å². The van der Waals surface area contributed by atoms with Crippen molar-refractivity contribution in [2.45, 2.75) is 70.9 Å². The molecular formula is C36H35N5O2. The topological polar surface area (TPSA) is 80.5 Å². The number of rotatable bonds is 8. The first-order valence-corrected chi connectivity index (χ1v) is 15.5. The molecule has 0 N–H and O–H groups in total. The van der Waals surface area contributed by atoms with Crippen molar-refractivity contribution >= 4 is 45.8 Å². The van der Waals surface area contributed by atoms with E-state index in [0.717, 1.165) is 52.6 Å². The average molecular weight is 570 g/mol. The molecule has 0 unspecified atom stereocenters. The second kappa shape index (κ2) is 11.6. The summed E-state index contributed by atoms with van der Waals surface area (Å²) in [7, 11) is 0. The Labute approximate surface area is 251 Å². The number of imidazole rings is 1. The van der Waals surface area contributed by atoms with E-state index in [2.05, 4.69) is 35.8 Å². The van der Waals surface area contributed by atoms with Gasteiger partial charge in [-0.1, -0.05) is 87.2 Å². The number of benzene rings is 3. The number of hydrogen-bond acceptors (Lipinski definition) is 5. The molecule has 2 amide bonds. The summed E-state index contributed by atoms with van der Waals surface area (Å²) >= 11 is 0. The summed E-state index contributed by atoms with van der Waals surface area (Å²) in [5.41, 5.74) is 5.25. The van der Waals surface area contributed by atoms with Crippen LogP contribution in [-0.4, -0.2) is 38.6 Å². The summed E-state index contributed by atoms with van der Waals surface area (Å²) in [5, 5.41) is 0.948. The number of hydrogen-bond donors (Lipinski definition) is 0. The number of amides is 2. The monoisotopic (exact) mass is 569 g/mol. The summed E-state index contributed by atoms with van der Waals surface area (Å²) in [5.74, 6) is 0.501. The Morgan fingerprint density at radius 3 is 2.28 bits per heavy atom. The summed E-state index contributed by atoms with van der Waals surface area (Å²) in [6.07, 6.45) is 11.1. The fraction of sp³-hybridized carbons (Fsp3) is 0.306. The van der Waals surface area contributed by atoms with Crippen LogP contribution < -0.4 is 4.90 Å². The number of unbranched alkanes of at least 4 members (excludes halogenated alkanes) is 1. The predicted molar refractivity (Wildman–Crippen MR) is 171 cm³/mol. The highest BCUT2D eigenvalue weighted by Crippen LogP contribution is 2.36. The summed E-state index contributed by atoms with van der Waals surface area (Å²) in [6, 6.07) is 23.9. The van der Waals surface area contributed by atoms with Crippen molar-refractivity contribution in [1.82, 2.24) is 14.5 Å². The molecule has 3 heterocycles. The van der Waals surface area contributed by atoms with E-state index in [-0.39, 0.29) is 11.8 Å². The van der Waals surface area contributed by atoms with Crippen molar-refractivity contribution < 1.29 is 9.59 Å². The Kier molecular flexibility index (Phi) is 7.31. The fourth-order valence-corrected chi connectivity index (χ4v) is 6.41. The normalized spacial score (nSPS) is 15.8. The zero-order valence-electron chi connectivity index (χ0n) is 24.5. The van der Waals surface area contributed by atoms with Crippen molar-refractivity contribution in [3.8, 4) is 0 Å². The second-order valence-electron chi connectivity index (χ2n) is 11.7. The number of nitrogens with zero attached hydrogens (tertiary/aromatic N) is 5. The van der Waals surface area contributed by atoms with E-state index < -0.39 is 0 Å². The quantitative estimate of drug-likeness (QED) is 0.143. The van der Waals surface area contributed by atoms with Crippen LogP contribution in [0.2, 0.25) is 0 Å². The van der Waals surface area contributed by atoms with Gasteiger partial charge in [0.25, 0.3) is 11.8 Å². The van der Waals surface area contributed by atoms with E-state index in [1.165, 1.54) is 37.0 Å². The van der Waals surface area contributed by atoms with Gasteiger partial charge in [0, 0.05) is 30.6 Å². The van der Waals surface area contributed by atoms with E-state index in [1.807, 2.05) is 30.5 Å². The Morgan fingerprint density at radius 2 is 1.56 bits per heavy atom. The number of aryl methyl sites for hydroxylation is 1. The highest BCUT2D eigenvalue weighted by atomic mass is 16.2. The van der Waals surface area contributed by atoms with E-state index in [1.54, 1.807) is 24.3 Å². The molecule has 2 aromatic heterocycles. The van der Waals surface area contributed by atoms with E-state index >= 15 is 0 Å².